The van der Waals surface area contributed by atoms with Gasteiger partial charge in [0.15, 0.2) is 0 Å². The number of nitrogens with one attached hydrogen (secondary N) is 2. The van der Waals surface area contributed by atoms with Gasteiger partial charge in [0.2, 0.25) is 0 Å². The lowest BCUT2D eigenvalue weighted by Gasteiger charge is -2.14. The highest BCUT2D eigenvalue weighted by molar-refractivity contribution is 7.92. The van der Waals surface area contributed by atoms with E-state index in [1.54, 1.807) is 44.2 Å². The summed E-state index contributed by atoms with van der Waals surface area (Å²) in [6.07, 6.45) is 0. The predicted molar refractivity (Wildman–Crippen MR) is 91.3 cm³/mol. The van der Waals surface area contributed by atoms with E-state index in [1.807, 2.05) is 13.0 Å². The second kappa shape index (κ2) is 6.42. The molecule has 0 atom stereocenters. The Hall–Kier alpha value is -2.34. The van der Waals surface area contributed by atoms with E-state index in [9.17, 15) is 13.2 Å². The van der Waals surface area contributed by atoms with Crippen LogP contribution >= 0.6 is 0 Å². The quantitative estimate of drug-likeness (QED) is 0.904. The van der Waals surface area contributed by atoms with E-state index in [0.717, 1.165) is 5.56 Å². The van der Waals surface area contributed by atoms with Crippen molar-refractivity contribution in [2.75, 3.05) is 11.8 Å². The monoisotopic (exact) mass is 332 g/mol. The number of hydrogen-bond acceptors (Lipinski definition) is 3. The average molecular weight is 332 g/mol. The van der Waals surface area contributed by atoms with Gasteiger partial charge in [-0.05, 0) is 50.1 Å². The van der Waals surface area contributed by atoms with Gasteiger partial charge in [0.1, 0.15) is 0 Å². The van der Waals surface area contributed by atoms with Crippen molar-refractivity contribution in [3.63, 3.8) is 0 Å². The van der Waals surface area contributed by atoms with Gasteiger partial charge in [-0.3, -0.25) is 9.52 Å². The van der Waals surface area contributed by atoms with E-state index in [0.29, 0.717) is 22.4 Å². The summed E-state index contributed by atoms with van der Waals surface area (Å²) < 4.78 is 27.8. The van der Waals surface area contributed by atoms with Gasteiger partial charge < -0.3 is 5.32 Å². The molecule has 2 N–H and O–H groups in total. The first-order valence-corrected chi connectivity index (χ1v) is 8.66. The minimum absolute atomic E-state index is 0.229. The molecule has 5 nitrogen and oxygen atoms in total. The standard InChI is InChI=1S/C17H20N2O3S/c1-11-8-9-16(12(2)10-11)23(21,22)19-15-7-5-6-14(13(15)3)17(20)18-4/h5-10,19H,1-4H3,(H,18,20). The molecule has 0 spiro atoms. The number of rotatable bonds is 4. The third kappa shape index (κ3) is 3.53. The second-order valence-electron chi connectivity index (χ2n) is 5.43. The summed E-state index contributed by atoms with van der Waals surface area (Å²) in [6.45, 7) is 5.38. The van der Waals surface area contributed by atoms with Crippen LogP contribution in [0.1, 0.15) is 27.0 Å². The molecule has 0 aliphatic rings. The average Bonchev–Trinajstić information content (AvgIpc) is 2.48. The lowest BCUT2D eigenvalue weighted by molar-refractivity contribution is 0.0962. The van der Waals surface area contributed by atoms with E-state index >= 15 is 0 Å². The molecule has 0 fully saturated rings. The zero-order valence-corrected chi connectivity index (χ0v) is 14.4. The molecular weight excluding hydrogens is 312 g/mol. The van der Waals surface area contributed by atoms with Crippen molar-refractivity contribution < 1.29 is 13.2 Å². The maximum absolute atomic E-state index is 12.6. The molecule has 0 radical (unpaired) electrons. The summed E-state index contributed by atoms with van der Waals surface area (Å²) in [5.41, 5.74) is 3.09. The topological polar surface area (TPSA) is 75.3 Å². The summed E-state index contributed by atoms with van der Waals surface area (Å²) in [5, 5.41) is 2.54. The van der Waals surface area contributed by atoms with Crippen LogP contribution in [-0.4, -0.2) is 21.4 Å². The van der Waals surface area contributed by atoms with E-state index < -0.39 is 10.0 Å². The fourth-order valence-corrected chi connectivity index (χ4v) is 3.78. The van der Waals surface area contributed by atoms with Gasteiger partial charge in [-0.25, -0.2) is 8.42 Å². The molecule has 0 heterocycles. The van der Waals surface area contributed by atoms with Crippen molar-refractivity contribution in [1.29, 1.82) is 0 Å². The molecule has 122 valence electrons. The first-order chi connectivity index (χ1) is 10.8. The van der Waals surface area contributed by atoms with Gasteiger partial charge in [-0.1, -0.05) is 23.8 Å². The highest BCUT2D eigenvalue weighted by Gasteiger charge is 2.19. The van der Waals surface area contributed by atoms with E-state index in [1.165, 1.54) is 7.05 Å². The molecule has 0 aromatic heterocycles. The van der Waals surface area contributed by atoms with E-state index in [-0.39, 0.29) is 10.8 Å². The molecule has 6 heteroatoms. The Kier molecular flexibility index (Phi) is 4.75. The molecule has 1 amide bonds. The van der Waals surface area contributed by atoms with E-state index in [2.05, 4.69) is 10.0 Å². The molecular formula is C17H20N2O3S. The number of amides is 1. The summed E-state index contributed by atoms with van der Waals surface area (Å²) >= 11 is 0. The van der Waals surface area contributed by atoms with Crippen molar-refractivity contribution in [2.45, 2.75) is 25.7 Å². The number of sulfonamides is 1. The zero-order valence-electron chi connectivity index (χ0n) is 13.6. The summed E-state index contributed by atoms with van der Waals surface area (Å²) in [4.78, 5) is 12.1. The highest BCUT2D eigenvalue weighted by atomic mass is 32.2. The Morgan fingerprint density at radius 2 is 1.74 bits per heavy atom. The van der Waals surface area contributed by atoms with Gasteiger partial charge in [-0.15, -0.1) is 0 Å². The second-order valence-corrected chi connectivity index (χ2v) is 7.08. The van der Waals surface area contributed by atoms with Gasteiger partial charge in [0.25, 0.3) is 15.9 Å². The summed E-state index contributed by atoms with van der Waals surface area (Å²) in [6, 6.07) is 10.1. The van der Waals surface area contributed by atoms with Crippen molar-refractivity contribution in [1.82, 2.24) is 5.32 Å². The Morgan fingerprint density at radius 3 is 2.35 bits per heavy atom. The van der Waals surface area contributed by atoms with Crippen LogP contribution in [0.15, 0.2) is 41.3 Å². The zero-order chi connectivity index (χ0) is 17.2. The highest BCUT2D eigenvalue weighted by Crippen LogP contribution is 2.24. The molecule has 0 saturated carbocycles. The number of aryl methyl sites for hydroxylation is 2. The van der Waals surface area contributed by atoms with Gasteiger partial charge in [-0.2, -0.15) is 0 Å². The Bertz CT molecular complexity index is 858. The minimum Gasteiger partial charge on any atom is -0.355 e. The van der Waals surface area contributed by atoms with Crippen LogP contribution < -0.4 is 10.0 Å². The normalized spacial score (nSPS) is 11.1. The molecule has 0 saturated heterocycles. The molecule has 23 heavy (non-hydrogen) atoms. The fourth-order valence-electron chi connectivity index (χ4n) is 2.43. The molecule has 2 aromatic carbocycles. The fraction of sp³-hybridized carbons (Fsp3) is 0.235. The van der Waals surface area contributed by atoms with Crippen LogP contribution in [0.3, 0.4) is 0 Å². The number of carbonyl (C=O) groups excluding carboxylic acids is 1. The SMILES string of the molecule is CNC(=O)c1cccc(NS(=O)(=O)c2ccc(C)cc2C)c1C. The van der Waals surface area contributed by atoms with Crippen LogP contribution in [0.2, 0.25) is 0 Å². The van der Waals surface area contributed by atoms with Crippen molar-refractivity contribution in [3.05, 3.63) is 58.7 Å². The number of carbonyl (C=O) groups is 1. The number of anilines is 1. The van der Waals surface area contributed by atoms with E-state index in [4.69, 9.17) is 0 Å². The molecule has 2 aromatic rings. The van der Waals surface area contributed by atoms with Crippen LogP contribution in [0.25, 0.3) is 0 Å². The number of benzene rings is 2. The molecule has 0 aliphatic carbocycles. The first-order valence-electron chi connectivity index (χ1n) is 7.18. The molecule has 0 aliphatic heterocycles. The largest absolute Gasteiger partial charge is 0.355 e. The maximum atomic E-state index is 12.6. The Labute approximate surface area is 136 Å². The van der Waals surface area contributed by atoms with Crippen LogP contribution in [0, 0.1) is 20.8 Å². The lowest BCUT2D eigenvalue weighted by Crippen LogP contribution is -2.20. The third-order valence-corrected chi connectivity index (χ3v) is 5.20. The van der Waals surface area contributed by atoms with Crippen molar-refractivity contribution in [3.8, 4) is 0 Å². The summed E-state index contributed by atoms with van der Waals surface area (Å²) in [5.74, 6) is -0.255. The van der Waals surface area contributed by atoms with Crippen molar-refractivity contribution in [2.24, 2.45) is 0 Å². The molecule has 2 rings (SSSR count). The van der Waals surface area contributed by atoms with Crippen LogP contribution in [0.4, 0.5) is 5.69 Å². The van der Waals surface area contributed by atoms with Gasteiger partial charge >= 0.3 is 0 Å². The van der Waals surface area contributed by atoms with Gasteiger partial charge in [0, 0.05) is 12.6 Å². The number of hydrogen-bond donors (Lipinski definition) is 2. The van der Waals surface area contributed by atoms with Crippen LogP contribution in [-0.2, 0) is 10.0 Å². The van der Waals surface area contributed by atoms with Crippen molar-refractivity contribution >= 4 is 21.6 Å². The van der Waals surface area contributed by atoms with Crippen LogP contribution in [0.5, 0.6) is 0 Å². The van der Waals surface area contributed by atoms with Gasteiger partial charge in [0.05, 0.1) is 10.6 Å². The molecule has 0 unspecified atom stereocenters. The maximum Gasteiger partial charge on any atom is 0.262 e. The third-order valence-electron chi connectivity index (χ3n) is 3.67. The minimum atomic E-state index is -3.71. The smallest absolute Gasteiger partial charge is 0.262 e. The Morgan fingerprint density at radius 1 is 1.04 bits per heavy atom. The molecule has 0 bridgehead atoms. The first kappa shape index (κ1) is 17.0. The Balaban J connectivity index is 2.44. The lowest BCUT2D eigenvalue weighted by atomic mass is 10.1. The summed E-state index contributed by atoms with van der Waals surface area (Å²) in [7, 11) is -2.18. The predicted octanol–water partition coefficient (Wildman–Crippen LogP) is 2.77.